The van der Waals surface area contributed by atoms with Crippen LogP contribution in [0.15, 0.2) is 12.1 Å². The molecule has 84 valence electrons. The Morgan fingerprint density at radius 3 is 2.80 bits per heavy atom. The second kappa shape index (κ2) is 4.64. The molecule has 1 aliphatic carbocycles. The van der Waals surface area contributed by atoms with Gasteiger partial charge in [0, 0.05) is 27.9 Å². The van der Waals surface area contributed by atoms with Crippen LogP contribution in [-0.4, -0.2) is 18.1 Å². The molecule has 0 aliphatic heterocycles. The van der Waals surface area contributed by atoms with Crippen molar-refractivity contribution >= 4 is 11.3 Å². The number of thiophene rings is 1. The molecule has 1 unspecified atom stereocenters. The third kappa shape index (κ3) is 3.03. The normalized spacial score (nSPS) is 27.4. The van der Waals surface area contributed by atoms with Crippen molar-refractivity contribution in [2.45, 2.75) is 51.2 Å². The zero-order valence-electron chi connectivity index (χ0n) is 9.49. The van der Waals surface area contributed by atoms with Crippen LogP contribution < -0.4 is 11.1 Å². The Morgan fingerprint density at radius 1 is 1.53 bits per heavy atom. The van der Waals surface area contributed by atoms with Gasteiger partial charge in [0.2, 0.25) is 0 Å². The molecule has 0 amide bonds. The van der Waals surface area contributed by atoms with Crippen LogP contribution in [0.4, 0.5) is 0 Å². The van der Waals surface area contributed by atoms with Crippen LogP contribution in [0.2, 0.25) is 0 Å². The topological polar surface area (TPSA) is 38.0 Å². The minimum atomic E-state index is 0.443. The zero-order valence-corrected chi connectivity index (χ0v) is 10.3. The summed E-state index contributed by atoms with van der Waals surface area (Å²) in [5.74, 6) is 0. The number of nitrogens with one attached hydrogen (secondary N) is 1. The van der Waals surface area contributed by atoms with E-state index in [-0.39, 0.29) is 0 Å². The highest BCUT2D eigenvalue weighted by molar-refractivity contribution is 7.11. The summed E-state index contributed by atoms with van der Waals surface area (Å²) in [5, 5.41) is 3.63. The molecule has 0 bridgehead atoms. The number of rotatable bonds is 4. The summed E-state index contributed by atoms with van der Waals surface area (Å²) in [6, 6.07) is 6.12. The van der Waals surface area contributed by atoms with Gasteiger partial charge >= 0.3 is 0 Å². The molecule has 1 fully saturated rings. The van der Waals surface area contributed by atoms with Crippen molar-refractivity contribution in [2.24, 2.45) is 5.73 Å². The van der Waals surface area contributed by atoms with Crippen molar-refractivity contribution in [3.63, 3.8) is 0 Å². The van der Waals surface area contributed by atoms with Gasteiger partial charge in [0.25, 0.3) is 0 Å². The summed E-state index contributed by atoms with van der Waals surface area (Å²) in [6.07, 6.45) is 3.44. The molecule has 1 aromatic heterocycles. The largest absolute Gasteiger partial charge is 0.328 e. The van der Waals surface area contributed by atoms with E-state index >= 15 is 0 Å². The molecule has 1 heterocycles. The van der Waals surface area contributed by atoms with Crippen molar-refractivity contribution < 1.29 is 0 Å². The van der Waals surface area contributed by atoms with Gasteiger partial charge in [-0.1, -0.05) is 0 Å². The lowest BCUT2D eigenvalue weighted by Gasteiger charge is -2.35. The van der Waals surface area contributed by atoms with E-state index in [0.29, 0.717) is 18.1 Å². The van der Waals surface area contributed by atoms with E-state index in [4.69, 9.17) is 5.73 Å². The summed E-state index contributed by atoms with van der Waals surface area (Å²) in [4.78, 5) is 2.89. The lowest BCUT2D eigenvalue weighted by Crippen LogP contribution is -2.51. The van der Waals surface area contributed by atoms with Crippen LogP contribution in [0, 0.1) is 6.92 Å². The first-order chi connectivity index (χ1) is 7.13. The Hall–Kier alpha value is -0.380. The van der Waals surface area contributed by atoms with E-state index in [1.807, 2.05) is 11.3 Å². The van der Waals surface area contributed by atoms with Crippen LogP contribution in [0.1, 0.15) is 29.5 Å². The van der Waals surface area contributed by atoms with Gasteiger partial charge in [-0.25, -0.2) is 0 Å². The standard InChI is InChI=1S/C12H20N2S/c1-8(14-11-6-10(13)7-11)5-12-4-3-9(2)15-12/h3-4,8,10-11,14H,5-7,13H2,1-2H3. The molecule has 0 aromatic carbocycles. The summed E-state index contributed by atoms with van der Waals surface area (Å²) >= 11 is 1.90. The number of hydrogen-bond acceptors (Lipinski definition) is 3. The number of aryl methyl sites for hydroxylation is 1. The molecule has 1 saturated carbocycles. The predicted molar refractivity (Wildman–Crippen MR) is 66.4 cm³/mol. The van der Waals surface area contributed by atoms with Gasteiger partial charge in [-0.05, 0) is 45.2 Å². The minimum absolute atomic E-state index is 0.443. The van der Waals surface area contributed by atoms with Gasteiger partial charge in [-0.15, -0.1) is 11.3 Å². The highest BCUT2D eigenvalue weighted by atomic mass is 32.1. The van der Waals surface area contributed by atoms with Gasteiger partial charge < -0.3 is 11.1 Å². The average molecular weight is 224 g/mol. The maximum atomic E-state index is 5.76. The number of hydrogen-bond donors (Lipinski definition) is 2. The van der Waals surface area contributed by atoms with E-state index in [0.717, 1.165) is 19.3 Å². The van der Waals surface area contributed by atoms with Crippen LogP contribution in [0.3, 0.4) is 0 Å². The highest BCUT2D eigenvalue weighted by Crippen LogP contribution is 2.20. The third-order valence-electron chi connectivity index (χ3n) is 3.00. The van der Waals surface area contributed by atoms with Crippen LogP contribution in [0.25, 0.3) is 0 Å². The highest BCUT2D eigenvalue weighted by Gasteiger charge is 2.26. The molecule has 15 heavy (non-hydrogen) atoms. The molecule has 3 heteroatoms. The van der Waals surface area contributed by atoms with Gasteiger partial charge in [0.05, 0.1) is 0 Å². The van der Waals surface area contributed by atoms with Crippen LogP contribution in [0.5, 0.6) is 0 Å². The first kappa shape index (κ1) is 11.1. The average Bonchev–Trinajstić information content (AvgIpc) is 2.48. The Kier molecular flexibility index (Phi) is 3.44. The number of nitrogens with two attached hydrogens (primary N) is 1. The molecule has 2 rings (SSSR count). The Bertz CT molecular complexity index is 315. The third-order valence-corrected chi connectivity index (χ3v) is 4.02. The fourth-order valence-corrected chi connectivity index (χ4v) is 3.17. The van der Waals surface area contributed by atoms with E-state index in [1.165, 1.54) is 9.75 Å². The molecular formula is C12H20N2S. The first-order valence-electron chi connectivity index (χ1n) is 5.70. The van der Waals surface area contributed by atoms with Gasteiger partial charge in [-0.3, -0.25) is 0 Å². The van der Waals surface area contributed by atoms with Gasteiger partial charge in [-0.2, -0.15) is 0 Å². The van der Waals surface area contributed by atoms with Crippen LogP contribution >= 0.6 is 11.3 Å². The molecule has 0 saturated heterocycles. The van der Waals surface area contributed by atoms with Gasteiger partial charge in [0.15, 0.2) is 0 Å². The first-order valence-corrected chi connectivity index (χ1v) is 6.52. The Labute approximate surface area is 95.9 Å². The monoisotopic (exact) mass is 224 g/mol. The molecule has 1 atom stereocenters. The quantitative estimate of drug-likeness (QED) is 0.821. The maximum Gasteiger partial charge on any atom is 0.00991 e. The predicted octanol–water partition coefficient (Wildman–Crippen LogP) is 2.07. The molecular weight excluding hydrogens is 204 g/mol. The summed E-state index contributed by atoms with van der Waals surface area (Å²) in [5.41, 5.74) is 5.76. The lowest BCUT2D eigenvalue weighted by molar-refractivity contribution is 0.271. The smallest absolute Gasteiger partial charge is 0.00991 e. The molecule has 0 spiro atoms. The van der Waals surface area contributed by atoms with Crippen molar-refractivity contribution in [2.75, 3.05) is 0 Å². The minimum Gasteiger partial charge on any atom is -0.328 e. The summed E-state index contributed by atoms with van der Waals surface area (Å²) in [6.45, 7) is 4.43. The molecule has 2 nitrogen and oxygen atoms in total. The van der Waals surface area contributed by atoms with Crippen molar-refractivity contribution in [3.05, 3.63) is 21.9 Å². The molecule has 1 aliphatic rings. The fraction of sp³-hybridized carbons (Fsp3) is 0.667. The molecule has 0 radical (unpaired) electrons. The summed E-state index contributed by atoms with van der Waals surface area (Å²) < 4.78 is 0. The lowest BCUT2D eigenvalue weighted by atomic mass is 9.87. The second-order valence-corrected chi connectivity index (χ2v) is 6.09. The van der Waals surface area contributed by atoms with Crippen LogP contribution in [-0.2, 0) is 6.42 Å². The van der Waals surface area contributed by atoms with E-state index in [1.54, 1.807) is 0 Å². The van der Waals surface area contributed by atoms with E-state index < -0.39 is 0 Å². The summed E-state index contributed by atoms with van der Waals surface area (Å²) in [7, 11) is 0. The van der Waals surface area contributed by atoms with E-state index in [9.17, 15) is 0 Å². The van der Waals surface area contributed by atoms with Crippen molar-refractivity contribution in [1.29, 1.82) is 0 Å². The van der Waals surface area contributed by atoms with Crippen molar-refractivity contribution in [3.8, 4) is 0 Å². The Morgan fingerprint density at radius 2 is 2.27 bits per heavy atom. The molecule has 1 aromatic rings. The van der Waals surface area contributed by atoms with E-state index in [2.05, 4.69) is 31.3 Å². The fourth-order valence-electron chi connectivity index (χ4n) is 2.16. The SMILES string of the molecule is Cc1ccc(CC(C)NC2CC(N)C2)s1. The second-order valence-electron chi connectivity index (χ2n) is 4.71. The Balaban J connectivity index is 1.75. The van der Waals surface area contributed by atoms with Gasteiger partial charge in [0.1, 0.15) is 0 Å². The molecule has 3 N–H and O–H groups in total. The maximum absolute atomic E-state index is 5.76. The van der Waals surface area contributed by atoms with Crippen molar-refractivity contribution in [1.82, 2.24) is 5.32 Å². The zero-order chi connectivity index (χ0) is 10.8.